The van der Waals surface area contributed by atoms with E-state index in [9.17, 15) is 9.59 Å². The molecule has 6 aromatic rings. The third-order valence-corrected chi connectivity index (χ3v) is 14.1. The molecule has 2 radical (unpaired) electrons. The van der Waals surface area contributed by atoms with Crippen LogP contribution in [0.25, 0.3) is 0 Å². The van der Waals surface area contributed by atoms with Gasteiger partial charge in [-0.1, -0.05) is 182 Å². The molecule has 0 aliphatic rings. The third-order valence-electron chi connectivity index (χ3n) is 7.03. The van der Waals surface area contributed by atoms with Crippen molar-refractivity contribution in [3.63, 3.8) is 0 Å². The Balaban J connectivity index is 0.000000211. The van der Waals surface area contributed by atoms with Gasteiger partial charge >= 0.3 is 86.2 Å². The van der Waals surface area contributed by atoms with Gasteiger partial charge in [-0.05, 0) is 47.7 Å². The molecule has 0 aromatic heterocycles. The smallest absolute Gasteiger partial charge is 0 e. The van der Waals surface area contributed by atoms with Crippen LogP contribution < -0.4 is 31.8 Å². The third kappa shape index (κ3) is 12.8. The summed E-state index contributed by atoms with van der Waals surface area (Å²) in [5.74, 6) is -1.21. The van der Waals surface area contributed by atoms with Crippen LogP contribution in [0, 0.1) is 0 Å². The van der Waals surface area contributed by atoms with Gasteiger partial charge in [-0.3, -0.25) is 0 Å². The summed E-state index contributed by atoms with van der Waals surface area (Å²) in [5.41, 5.74) is 0. The van der Waals surface area contributed by atoms with Crippen LogP contribution in [0.1, 0.15) is 0 Å². The number of benzene rings is 6. The molecule has 0 saturated carbocycles. The van der Waals surface area contributed by atoms with Crippen molar-refractivity contribution in [3.05, 3.63) is 191 Å². The van der Waals surface area contributed by atoms with E-state index in [1.165, 1.54) is 46.0 Å². The SMILES string of the molecule is COC(=O)/C([Se])=C(/[Se])C(=O)OC.[Ni].c1ccc(P(c2ccccc2)c2ccccc2)cc1.c1ccc(P(c2ccccc2)c2ccccc2)cc1. The molecule has 9 heteroatoms. The summed E-state index contributed by atoms with van der Waals surface area (Å²) < 4.78 is 8.92. The van der Waals surface area contributed by atoms with E-state index in [2.05, 4.69) is 223 Å². The molecule has 260 valence electrons. The van der Waals surface area contributed by atoms with Crippen molar-refractivity contribution >= 4 is 91.6 Å². The van der Waals surface area contributed by atoms with Crippen molar-refractivity contribution in [2.24, 2.45) is 0 Å². The molecule has 0 N–H and O–H groups in total. The van der Waals surface area contributed by atoms with Gasteiger partial charge in [0.05, 0.1) is 0 Å². The van der Waals surface area contributed by atoms with Crippen molar-refractivity contribution < 1.29 is 35.6 Å². The van der Waals surface area contributed by atoms with E-state index in [0.717, 1.165) is 0 Å². The van der Waals surface area contributed by atoms with Gasteiger partial charge in [0.2, 0.25) is 0 Å². The number of methoxy groups -OCH3 is 2. The average Bonchev–Trinajstić information content (AvgIpc) is 3.20. The molecule has 0 saturated heterocycles. The van der Waals surface area contributed by atoms with Gasteiger partial charge in [0.25, 0.3) is 0 Å². The van der Waals surface area contributed by atoms with Crippen LogP contribution in [0.2, 0.25) is 0 Å². The molecule has 0 spiro atoms. The second-order valence-corrected chi connectivity index (χ2v) is 16.5. The average molecular weight is 883 g/mol. The fourth-order valence-electron chi connectivity index (χ4n) is 4.73. The Morgan fingerprint density at radius 2 is 0.529 bits per heavy atom. The zero-order valence-electron chi connectivity index (χ0n) is 28.0. The summed E-state index contributed by atoms with van der Waals surface area (Å²) in [6.07, 6.45) is 0. The minimum absolute atomic E-state index is 0. The Morgan fingerprint density at radius 3 is 0.667 bits per heavy atom. The molecule has 0 atom stereocenters. The minimum atomic E-state index is -0.603. The summed E-state index contributed by atoms with van der Waals surface area (Å²) in [5, 5.41) is 8.39. The summed E-state index contributed by atoms with van der Waals surface area (Å²) in [6, 6.07) is 64.7. The predicted molar refractivity (Wildman–Crippen MR) is 213 cm³/mol. The molecule has 6 rings (SSSR count). The number of ether oxygens (including phenoxy) is 2. The van der Waals surface area contributed by atoms with Crippen LogP contribution in [0.15, 0.2) is 191 Å². The van der Waals surface area contributed by atoms with Crippen molar-refractivity contribution in [2.75, 3.05) is 14.2 Å². The first-order valence-corrected chi connectivity index (χ1v) is 20.0. The monoisotopic (exact) mass is 884 g/mol. The topological polar surface area (TPSA) is 52.6 Å². The van der Waals surface area contributed by atoms with Gasteiger partial charge in [0.1, 0.15) is 0 Å². The number of carbonyl (C=O) groups is 2. The molecule has 0 aliphatic heterocycles. The summed E-state index contributed by atoms with van der Waals surface area (Å²) in [7, 11) is 1.56. The van der Waals surface area contributed by atoms with E-state index in [4.69, 9.17) is 0 Å². The van der Waals surface area contributed by atoms with E-state index in [0.29, 0.717) is 0 Å². The molecule has 4 nitrogen and oxygen atoms in total. The number of carbonyl (C=O) groups excluding carboxylic acids is 2. The second-order valence-electron chi connectivity index (χ2n) is 10.3. The largest absolute Gasteiger partial charge is 0.0622 e. The van der Waals surface area contributed by atoms with Gasteiger partial charge in [-0.25, -0.2) is 0 Å². The van der Waals surface area contributed by atoms with Crippen LogP contribution in [-0.4, -0.2) is 58.2 Å². The summed E-state index contributed by atoms with van der Waals surface area (Å²) >= 11 is 4.83. The minimum Gasteiger partial charge on any atom is -0.0622 e. The fourth-order valence-corrected chi connectivity index (χ4v) is 10.0. The number of rotatable bonds is 8. The fraction of sp³-hybridized carbons (Fsp3) is 0.0476. The van der Waals surface area contributed by atoms with Gasteiger partial charge in [-0.15, -0.1) is 0 Å². The molecular weight excluding hydrogens is 847 g/mol. The van der Waals surface area contributed by atoms with E-state index in [-0.39, 0.29) is 25.4 Å². The molecule has 0 aliphatic carbocycles. The quantitative estimate of drug-likeness (QED) is 0.0845. The molecular formula is C42H36NiO4P2Se2. The van der Waals surface area contributed by atoms with E-state index in [1.807, 2.05) is 0 Å². The molecule has 0 amide bonds. The first kappa shape index (κ1) is 41.8. The number of hydrogen-bond donors (Lipinski definition) is 0. The predicted octanol–water partition coefficient (Wildman–Crippen LogP) is 5.77. The summed E-state index contributed by atoms with van der Waals surface area (Å²) in [4.78, 5) is 21.7. The second kappa shape index (κ2) is 23.1. The maximum absolute atomic E-state index is 10.8. The first-order chi connectivity index (χ1) is 24.4. The zero-order valence-corrected chi connectivity index (χ0v) is 34.2. The molecule has 0 heterocycles. The maximum Gasteiger partial charge on any atom is 0 e. The standard InChI is InChI=1S/2C18H15P.C6H6O4Se2.Ni/c2*1-4-10-16(11-5-1)19(17-12-6-2-7-13-17)18-14-8-3-9-15-18;1-9-5(7)3(11)4(12)6(8)10-2;/h2*1-15H;1-2H3;/b;;4-3-;. The van der Waals surface area contributed by atoms with Crippen LogP contribution in [0.5, 0.6) is 0 Å². The molecule has 51 heavy (non-hydrogen) atoms. The number of hydrogen-bond acceptors (Lipinski definition) is 4. The normalized spacial score (nSPS) is 10.6. The van der Waals surface area contributed by atoms with Gasteiger partial charge in [0, 0.05) is 16.5 Å². The van der Waals surface area contributed by atoms with E-state index < -0.39 is 27.8 Å². The molecule has 6 aromatic carbocycles. The molecule has 0 bridgehead atoms. The van der Waals surface area contributed by atoms with Crippen molar-refractivity contribution in [2.45, 2.75) is 0 Å². The van der Waals surface area contributed by atoms with E-state index in [1.54, 1.807) is 0 Å². The van der Waals surface area contributed by atoms with Gasteiger partial charge < -0.3 is 0 Å². The van der Waals surface area contributed by atoms with Gasteiger partial charge in [0.15, 0.2) is 0 Å². The molecule has 0 fully saturated rings. The number of esters is 2. The zero-order chi connectivity index (χ0) is 35.6. The Kier molecular flexibility index (Phi) is 18.9. The molecule has 0 unspecified atom stereocenters. The van der Waals surface area contributed by atoms with Crippen LogP contribution in [0.3, 0.4) is 0 Å². The van der Waals surface area contributed by atoms with Crippen molar-refractivity contribution in [1.29, 1.82) is 0 Å². The Morgan fingerprint density at radius 1 is 0.373 bits per heavy atom. The van der Waals surface area contributed by atoms with Crippen LogP contribution in [0.4, 0.5) is 0 Å². The first-order valence-electron chi connectivity index (χ1n) is 15.6. The summed E-state index contributed by atoms with van der Waals surface area (Å²) in [6.45, 7) is 0. The van der Waals surface area contributed by atoms with Crippen molar-refractivity contribution in [3.8, 4) is 0 Å². The Labute approximate surface area is 330 Å². The Hall–Kier alpha value is -3.61. The van der Waals surface area contributed by atoms with Gasteiger partial charge in [-0.2, -0.15) is 0 Å². The Bertz CT molecular complexity index is 1590. The van der Waals surface area contributed by atoms with E-state index >= 15 is 0 Å². The maximum atomic E-state index is 10.8. The van der Waals surface area contributed by atoms with Crippen LogP contribution in [-0.2, 0) is 35.6 Å². The van der Waals surface area contributed by atoms with Crippen LogP contribution >= 0.6 is 15.8 Å². The van der Waals surface area contributed by atoms with Crippen molar-refractivity contribution in [1.82, 2.24) is 0 Å².